The first-order valence-corrected chi connectivity index (χ1v) is 12.1. The van der Waals surface area contributed by atoms with Crippen molar-refractivity contribution in [3.8, 4) is 5.69 Å². The Morgan fingerprint density at radius 2 is 1.82 bits per heavy atom. The minimum Gasteiger partial charge on any atom is -0.283 e. The van der Waals surface area contributed by atoms with E-state index in [9.17, 15) is 4.79 Å². The fourth-order valence-corrected chi connectivity index (χ4v) is 5.49. The van der Waals surface area contributed by atoms with E-state index in [2.05, 4.69) is 14.5 Å². The van der Waals surface area contributed by atoms with Crippen LogP contribution in [0.3, 0.4) is 0 Å². The topological polar surface area (TPSA) is 86.7 Å². The Hall–Kier alpha value is -3.14. The van der Waals surface area contributed by atoms with E-state index < -0.39 is 5.91 Å². The first-order chi connectivity index (χ1) is 16.0. The Balaban J connectivity index is 1.45. The van der Waals surface area contributed by atoms with Crippen molar-refractivity contribution in [3.63, 3.8) is 0 Å². The molecule has 0 bridgehead atoms. The molecule has 0 atom stereocenters. The van der Waals surface area contributed by atoms with Crippen LogP contribution in [0, 0.1) is 12.3 Å². The fourth-order valence-electron chi connectivity index (χ4n) is 3.43. The van der Waals surface area contributed by atoms with Gasteiger partial charge in [0.05, 0.1) is 23.2 Å². The molecule has 1 amide bonds. The summed E-state index contributed by atoms with van der Waals surface area (Å²) in [5, 5.41) is 14.4. The number of carbonyl (C=O) groups excluding carboxylic acids is 1. The fraction of sp³-hybridized carbons (Fsp3) is 0.0870. The summed E-state index contributed by atoms with van der Waals surface area (Å²) in [5.74, 6) is 0.224. The summed E-state index contributed by atoms with van der Waals surface area (Å²) >= 11 is 9.03. The van der Waals surface area contributed by atoms with E-state index in [4.69, 9.17) is 17.0 Å². The van der Waals surface area contributed by atoms with E-state index >= 15 is 0 Å². The number of aromatic nitrogens is 2. The van der Waals surface area contributed by atoms with Crippen LogP contribution in [0.1, 0.15) is 16.8 Å². The Labute approximate surface area is 203 Å². The van der Waals surface area contributed by atoms with Gasteiger partial charge in [-0.3, -0.25) is 10.2 Å². The standard InChI is InChI=1S/C23H17ClN6OS2/c1-14-17(19(24)27-30(14)16-10-6-3-7-11-16)12-18-20(25)29-22(26-21(18)31)33-28-23(29)32-13-15-8-4-2-5-9-15/h2-12,25H,13H2,1H3/b18-12+,25-20?. The average Bonchev–Trinajstić information content (AvgIpc) is 3.36. The number of halogens is 1. The van der Waals surface area contributed by atoms with E-state index in [1.165, 1.54) is 11.8 Å². The van der Waals surface area contributed by atoms with Crippen molar-refractivity contribution in [2.45, 2.75) is 12.7 Å². The molecular formula is C23H17ClN6OS2. The average molecular weight is 493 g/mol. The lowest BCUT2D eigenvalue weighted by Gasteiger charge is -2.24. The molecule has 0 fully saturated rings. The lowest BCUT2D eigenvalue weighted by Crippen LogP contribution is -2.41. The van der Waals surface area contributed by atoms with Crippen LogP contribution in [0.4, 0.5) is 0 Å². The molecule has 0 saturated carbocycles. The van der Waals surface area contributed by atoms with Crippen molar-refractivity contribution in [1.29, 1.82) is 5.41 Å². The molecule has 10 heteroatoms. The van der Waals surface area contributed by atoms with Gasteiger partial charge in [0.1, 0.15) is 5.84 Å². The number of hydrogen-bond donors (Lipinski definition) is 1. The molecule has 2 aliphatic rings. The molecule has 7 nitrogen and oxygen atoms in total. The predicted molar refractivity (Wildman–Crippen MR) is 136 cm³/mol. The van der Waals surface area contributed by atoms with Crippen molar-refractivity contribution < 1.29 is 4.79 Å². The van der Waals surface area contributed by atoms with Crippen LogP contribution in [0.25, 0.3) is 11.8 Å². The highest BCUT2D eigenvalue weighted by atomic mass is 35.5. The molecule has 3 heterocycles. The van der Waals surface area contributed by atoms with E-state index in [1.54, 1.807) is 15.7 Å². The van der Waals surface area contributed by atoms with Crippen molar-refractivity contribution >= 4 is 63.5 Å². The number of fused-ring (bicyclic) bond motifs is 1. The molecule has 3 aromatic rings. The van der Waals surface area contributed by atoms with Crippen LogP contribution in [0.5, 0.6) is 0 Å². The molecule has 0 aliphatic carbocycles. The molecule has 0 radical (unpaired) electrons. The van der Waals surface area contributed by atoms with E-state index in [1.807, 2.05) is 67.6 Å². The number of amides is 1. The van der Waals surface area contributed by atoms with Crippen molar-refractivity contribution in [1.82, 2.24) is 14.7 Å². The predicted octanol–water partition coefficient (Wildman–Crippen LogP) is 5.34. The number of hydrogen-bond acceptors (Lipinski definition) is 6. The van der Waals surface area contributed by atoms with Crippen LogP contribution in [-0.4, -0.2) is 36.8 Å². The number of carbonyl (C=O) groups is 1. The molecular weight excluding hydrogens is 476 g/mol. The number of nitrogens with one attached hydrogen (secondary N) is 1. The van der Waals surface area contributed by atoms with Crippen LogP contribution in [-0.2, 0) is 10.5 Å². The van der Waals surface area contributed by atoms with Crippen LogP contribution < -0.4 is 0 Å². The Kier molecular flexibility index (Phi) is 5.92. The molecule has 0 saturated heterocycles. The number of rotatable bonds is 4. The molecule has 0 unspecified atom stereocenters. The Morgan fingerprint density at radius 1 is 1.12 bits per heavy atom. The third-order valence-electron chi connectivity index (χ3n) is 5.11. The summed E-state index contributed by atoms with van der Waals surface area (Å²) in [6, 6.07) is 19.6. The minimum atomic E-state index is -0.494. The lowest BCUT2D eigenvalue weighted by atomic mass is 10.1. The molecule has 2 aliphatic heterocycles. The Morgan fingerprint density at radius 3 is 2.55 bits per heavy atom. The van der Waals surface area contributed by atoms with Gasteiger partial charge in [-0.05, 0) is 30.7 Å². The van der Waals surface area contributed by atoms with Crippen LogP contribution in [0.2, 0.25) is 5.15 Å². The Bertz CT molecular complexity index is 1350. The second-order valence-electron chi connectivity index (χ2n) is 7.22. The van der Waals surface area contributed by atoms with Gasteiger partial charge in [-0.25, -0.2) is 9.58 Å². The van der Waals surface area contributed by atoms with Gasteiger partial charge < -0.3 is 0 Å². The number of para-hydroxylation sites is 1. The molecule has 5 rings (SSSR count). The lowest BCUT2D eigenvalue weighted by molar-refractivity contribution is -0.114. The maximum Gasteiger partial charge on any atom is 0.283 e. The van der Waals surface area contributed by atoms with Crippen molar-refractivity contribution in [3.05, 3.63) is 88.2 Å². The summed E-state index contributed by atoms with van der Waals surface area (Å²) in [4.78, 5) is 18.5. The summed E-state index contributed by atoms with van der Waals surface area (Å²) in [6.45, 7) is 1.87. The summed E-state index contributed by atoms with van der Waals surface area (Å²) in [5.41, 5.74) is 3.49. The third kappa shape index (κ3) is 4.15. The highest BCUT2D eigenvalue weighted by molar-refractivity contribution is 8.18. The van der Waals surface area contributed by atoms with Crippen molar-refractivity contribution in [2.24, 2.45) is 9.39 Å². The SMILES string of the molecule is Cc1c(/C=C2\C(=N)N3C(SCc4ccccc4)=NSC3=NC2=O)c(Cl)nn1-c1ccccc1. The second-order valence-corrected chi connectivity index (χ2v) is 9.25. The number of nitrogens with zero attached hydrogens (tertiary/aromatic N) is 5. The number of benzene rings is 2. The molecule has 164 valence electrons. The van der Waals surface area contributed by atoms with Crippen molar-refractivity contribution in [2.75, 3.05) is 0 Å². The van der Waals surface area contributed by atoms with Gasteiger partial charge in [-0.15, -0.1) is 0 Å². The summed E-state index contributed by atoms with van der Waals surface area (Å²) in [6.07, 6.45) is 1.59. The summed E-state index contributed by atoms with van der Waals surface area (Å²) < 4.78 is 6.15. The van der Waals surface area contributed by atoms with E-state index in [0.717, 1.165) is 28.9 Å². The highest BCUT2D eigenvalue weighted by Crippen LogP contribution is 2.34. The quantitative estimate of drug-likeness (QED) is 0.392. The minimum absolute atomic E-state index is 0.0252. The maximum atomic E-state index is 12.8. The molecule has 33 heavy (non-hydrogen) atoms. The second kappa shape index (κ2) is 9.01. The number of thioether (sulfide) groups is 1. The van der Waals surface area contributed by atoms with E-state index in [-0.39, 0.29) is 16.6 Å². The monoisotopic (exact) mass is 492 g/mol. The van der Waals surface area contributed by atoms with Gasteiger partial charge in [0.15, 0.2) is 10.3 Å². The first-order valence-electron chi connectivity index (χ1n) is 9.99. The maximum absolute atomic E-state index is 12.8. The molecule has 1 aromatic heterocycles. The normalized spacial score (nSPS) is 16.8. The first kappa shape index (κ1) is 21.7. The van der Waals surface area contributed by atoms with Crippen LogP contribution in [0.15, 0.2) is 75.6 Å². The zero-order valence-electron chi connectivity index (χ0n) is 17.4. The van der Waals surface area contributed by atoms with Gasteiger partial charge in [0, 0.05) is 17.0 Å². The third-order valence-corrected chi connectivity index (χ3v) is 7.22. The zero-order chi connectivity index (χ0) is 22.9. The zero-order valence-corrected chi connectivity index (χ0v) is 19.8. The smallest absolute Gasteiger partial charge is 0.283 e. The summed E-state index contributed by atoms with van der Waals surface area (Å²) in [7, 11) is 0. The van der Waals surface area contributed by atoms with Crippen LogP contribution >= 0.6 is 35.3 Å². The molecule has 2 aromatic carbocycles. The van der Waals surface area contributed by atoms with Gasteiger partial charge in [0.2, 0.25) is 5.17 Å². The largest absolute Gasteiger partial charge is 0.283 e. The van der Waals surface area contributed by atoms with Gasteiger partial charge in [0.25, 0.3) is 5.91 Å². The molecule has 1 N–H and O–H groups in total. The number of aliphatic imine (C=N–C) groups is 1. The molecule has 0 spiro atoms. The van der Waals surface area contributed by atoms with Gasteiger partial charge >= 0.3 is 0 Å². The van der Waals surface area contributed by atoms with E-state index in [0.29, 0.717) is 21.7 Å². The van der Waals surface area contributed by atoms with Gasteiger partial charge in [-0.2, -0.15) is 14.5 Å². The number of amidine groups is 3. The van der Waals surface area contributed by atoms with Gasteiger partial charge in [-0.1, -0.05) is 71.9 Å². The highest BCUT2D eigenvalue weighted by Gasteiger charge is 2.37.